The van der Waals surface area contributed by atoms with Gasteiger partial charge in [0.1, 0.15) is 17.3 Å². The third-order valence-electron chi connectivity index (χ3n) is 3.53. The van der Waals surface area contributed by atoms with Crippen molar-refractivity contribution in [2.24, 2.45) is 7.05 Å². The second kappa shape index (κ2) is 6.39. The molecule has 0 aliphatic heterocycles. The molecular formula is C17H11F4N3O. The van der Waals surface area contributed by atoms with Crippen molar-refractivity contribution in [1.29, 1.82) is 0 Å². The lowest BCUT2D eigenvalue weighted by Crippen LogP contribution is -2.16. The van der Waals surface area contributed by atoms with Crippen LogP contribution in [0, 0.1) is 23.3 Å². The summed E-state index contributed by atoms with van der Waals surface area (Å²) in [5.41, 5.74) is 0.496. The number of anilines is 1. The lowest BCUT2D eigenvalue weighted by Gasteiger charge is -2.09. The molecule has 4 nitrogen and oxygen atoms in total. The van der Waals surface area contributed by atoms with Gasteiger partial charge in [-0.3, -0.25) is 4.79 Å². The molecule has 0 aliphatic carbocycles. The molecule has 0 atom stereocenters. The number of nitrogens with one attached hydrogen (secondary N) is 1. The van der Waals surface area contributed by atoms with Crippen LogP contribution in [0.25, 0.3) is 11.3 Å². The molecule has 0 spiro atoms. The maximum absolute atomic E-state index is 13.3. The molecule has 3 rings (SSSR count). The number of nitrogens with zero attached hydrogens (tertiary/aromatic N) is 2. The average Bonchev–Trinajstić information content (AvgIpc) is 2.93. The van der Waals surface area contributed by atoms with E-state index in [4.69, 9.17) is 0 Å². The minimum absolute atomic E-state index is 0.238. The standard InChI is InChI=1S/C17H11F4N3O/c1-24-8-22-15(9-2-4-11(18)5-3-9)16(24)23-17(25)10-6-12(19)14(21)13(20)7-10/h2-8H,1H3,(H,23,25). The molecule has 1 aromatic heterocycles. The summed E-state index contributed by atoms with van der Waals surface area (Å²) in [7, 11) is 1.60. The van der Waals surface area contributed by atoms with Gasteiger partial charge in [0.05, 0.1) is 6.33 Å². The van der Waals surface area contributed by atoms with Gasteiger partial charge in [-0.15, -0.1) is 0 Å². The van der Waals surface area contributed by atoms with Gasteiger partial charge >= 0.3 is 0 Å². The molecular weight excluding hydrogens is 338 g/mol. The van der Waals surface area contributed by atoms with Crippen molar-refractivity contribution >= 4 is 11.7 Å². The van der Waals surface area contributed by atoms with E-state index >= 15 is 0 Å². The molecule has 128 valence electrons. The maximum Gasteiger partial charge on any atom is 0.257 e. The first-order valence-electron chi connectivity index (χ1n) is 7.10. The molecule has 0 fully saturated rings. The first kappa shape index (κ1) is 16.7. The topological polar surface area (TPSA) is 46.9 Å². The van der Waals surface area contributed by atoms with Crippen molar-refractivity contribution in [2.75, 3.05) is 5.32 Å². The Balaban J connectivity index is 1.94. The largest absolute Gasteiger partial charge is 0.320 e. The first-order valence-corrected chi connectivity index (χ1v) is 7.10. The molecule has 0 aliphatic rings. The zero-order valence-corrected chi connectivity index (χ0v) is 12.9. The van der Waals surface area contributed by atoms with Crippen LogP contribution in [0.5, 0.6) is 0 Å². The van der Waals surface area contributed by atoms with Crippen LogP contribution in [0.4, 0.5) is 23.4 Å². The van der Waals surface area contributed by atoms with Crippen molar-refractivity contribution in [1.82, 2.24) is 9.55 Å². The molecule has 1 N–H and O–H groups in total. The summed E-state index contributed by atoms with van der Waals surface area (Å²) in [6, 6.07) is 6.62. The van der Waals surface area contributed by atoms with Gasteiger partial charge in [-0.05, 0) is 36.4 Å². The van der Waals surface area contributed by atoms with Gasteiger partial charge in [0.25, 0.3) is 5.91 Å². The van der Waals surface area contributed by atoms with Crippen molar-refractivity contribution in [3.8, 4) is 11.3 Å². The highest BCUT2D eigenvalue weighted by atomic mass is 19.2. The quantitative estimate of drug-likeness (QED) is 0.576. The molecule has 0 unspecified atom stereocenters. The van der Waals surface area contributed by atoms with E-state index in [1.54, 1.807) is 7.05 Å². The van der Waals surface area contributed by atoms with Gasteiger partial charge in [0, 0.05) is 18.2 Å². The number of halogens is 4. The number of carbonyl (C=O) groups excluding carboxylic acids is 1. The van der Waals surface area contributed by atoms with Gasteiger partial charge in [0.15, 0.2) is 17.5 Å². The van der Waals surface area contributed by atoms with Crippen molar-refractivity contribution in [3.05, 3.63) is 71.6 Å². The molecule has 0 saturated heterocycles. The predicted molar refractivity (Wildman–Crippen MR) is 82.9 cm³/mol. The van der Waals surface area contributed by atoms with Gasteiger partial charge in [-0.25, -0.2) is 22.5 Å². The normalized spacial score (nSPS) is 10.8. The van der Waals surface area contributed by atoms with Crippen LogP contribution in [-0.2, 0) is 7.05 Å². The number of carbonyl (C=O) groups is 1. The fraction of sp³-hybridized carbons (Fsp3) is 0.0588. The van der Waals surface area contributed by atoms with Crippen LogP contribution in [-0.4, -0.2) is 15.5 Å². The Morgan fingerprint density at radius 2 is 1.64 bits per heavy atom. The Bertz CT molecular complexity index is 928. The van der Waals surface area contributed by atoms with Gasteiger partial charge in [-0.2, -0.15) is 0 Å². The van der Waals surface area contributed by atoms with E-state index in [0.717, 1.165) is 0 Å². The predicted octanol–water partition coefficient (Wildman–Crippen LogP) is 3.90. The monoisotopic (exact) mass is 349 g/mol. The van der Waals surface area contributed by atoms with Crippen molar-refractivity contribution in [2.45, 2.75) is 0 Å². The SMILES string of the molecule is Cn1cnc(-c2ccc(F)cc2)c1NC(=O)c1cc(F)c(F)c(F)c1. The van der Waals surface area contributed by atoms with E-state index in [-0.39, 0.29) is 11.4 Å². The molecule has 0 radical (unpaired) electrons. The molecule has 1 amide bonds. The van der Waals surface area contributed by atoms with E-state index in [2.05, 4.69) is 10.3 Å². The van der Waals surface area contributed by atoms with E-state index in [1.807, 2.05) is 0 Å². The highest BCUT2D eigenvalue weighted by Crippen LogP contribution is 2.27. The van der Waals surface area contributed by atoms with Crippen LogP contribution < -0.4 is 5.32 Å². The molecule has 2 aromatic carbocycles. The summed E-state index contributed by atoms with van der Waals surface area (Å²) < 4.78 is 54.1. The van der Waals surface area contributed by atoms with E-state index in [9.17, 15) is 22.4 Å². The molecule has 8 heteroatoms. The zero-order chi connectivity index (χ0) is 18.1. The summed E-state index contributed by atoms with van der Waals surface area (Å²) in [6.07, 6.45) is 1.42. The first-order chi connectivity index (χ1) is 11.9. The Morgan fingerprint density at radius 1 is 1.04 bits per heavy atom. The summed E-state index contributed by atoms with van der Waals surface area (Å²) in [6.45, 7) is 0. The minimum atomic E-state index is -1.65. The maximum atomic E-state index is 13.3. The zero-order valence-electron chi connectivity index (χ0n) is 12.9. The third-order valence-corrected chi connectivity index (χ3v) is 3.53. The number of rotatable bonds is 3. The van der Waals surface area contributed by atoms with E-state index < -0.39 is 29.2 Å². The van der Waals surface area contributed by atoms with Crippen molar-refractivity contribution < 1.29 is 22.4 Å². The van der Waals surface area contributed by atoms with Crippen LogP contribution in [0.3, 0.4) is 0 Å². The molecule has 25 heavy (non-hydrogen) atoms. The average molecular weight is 349 g/mol. The van der Waals surface area contributed by atoms with Crippen LogP contribution in [0.2, 0.25) is 0 Å². The number of aromatic nitrogens is 2. The molecule has 0 bridgehead atoms. The van der Waals surface area contributed by atoms with Crippen molar-refractivity contribution in [3.63, 3.8) is 0 Å². The lowest BCUT2D eigenvalue weighted by molar-refractivity contribution is 0.102. The third kappa shape index (κ3) is 3.23. The Kier molecular flexibility index (Phi) is 4.26. The highest BCUT2D eigenvalue weighted by Gasteiger charge is 2.18. The summed E-state index contributed by atoms with van der Waals surface area (Å²) in [4.78, 5) is 16.4. The lowest BCUT2D eigenvalue weighted by atomic mass is 10.1. The fourth-order valence-electron chi connectivity index (χ4n) is 2.26. The van der Waals surface area contributed by atoms with Gasteiger partial charge in [-0.1, -0.05) is 0 Å². The Hall–Kier alpha value is -3.16. The number of hydrogen-bond donors (Lipinski definition) is 1. The molecule has 3 aromatic rings. The number of imidazole rings is 1. The van der Waals surface area contributed by atoms with Gasteiger partial charge in [0.2, 0.25) is 0 Å². The second-order valence-electron chi connectivity index (χ2n) is 5.27. The summed E-state index contributed by atoms with van der Waals surface area (Å²) in [5, 5.41) is 2.47. The molecule has 0 saturated carbocycles. The number of benzene rings is 2. The fourth-order valence-corrected chi connectivity index (χ4v) is 2.26. The number of amides is 1. The highest BCUT2D eigenvalue weighted by molar-refractivity contribution is 6.05. The minimum Gasteiger partial charge on any atom is -0.320 e. The number of hydrogen-bond acceptors (Lipinski definition) is 2. The smallest absolute Gasteiger partial charge is 0.257 e. The van der Waals surface area contributed by atoms with Crippen LogP contribution >= 0.6 is 0 Å². The number of aryl methyl sites for hydroxylation is 1. The summed E-state index contributed by atoms with van der Waals surface area (Å²) >= 11 is 0. The van der Waals surface area contributed by atoms with Crippen LogP contribution in [0.15, 0.2) is 42.7 Å². The van der Waals surface area contributed by atoms with Crippen LogP contribution in [0.1, 0.15) is 10.4 Å². The van der Waals surface area contributed by atoms with Gasteiger partial charge < -0.3 is 9.88 Å². The van der Waals surface area contributed by atoms with E-state index in [1.165, 1.54) is 35.2 Å². The Morgan fingerprint density at radius 3 is 2.24 bits per heavy atom. The van der Waals surface area contributed by atoms with E-state index in [0.29, 0.717) is 23.4 Å². The summed E-state index contributed by atoms with van der Waals surface area (Å²) in [5.74, 6) is -5.61. The Labute approximate surface area is 139 Å². The molecule has 1 heterocycles. The second-order valence-corrected chi connectivity index (χ2v) is 5.27.